The Morgan fingerprint density at radius 2 is 1.89 bits per heavy atom. The topological polar surface area (TPSA) is 54.9 Å². The van der Waals surface area contributed by atoms with Gasteiger partial charge in [-0.05, 0) is 37.6 Å². The average Bonchev–Trinajstić information content (AvgIpc) is 2.30. The van der Waals surface area contributed by atoms with E-state index in [1.54, 1.807) is 31.2 Å². The van der Waals surface area contributed by atoms with Crippen LogP contribution < -0.4 is 5.32 Å². The lowest BCUT2D eigenvalue weighted by Crippen LogP contribution is -2.15. The zero-order valence-corrected chi connectivity index (χ0v) is 11.9. The molecule has 0 spiro atoms. The minimum atomic E-state index is -0.318. The van der Waals surface area contributed by atoms with Crippen LogP contribution in [0, 0.1) is 13.8 Å². The van der Waals surface area contributed by atoms with Crippen LogP contribution in [0.4, 0.5) is 5.95 Å². The van der Waals surface area contributed by atoms with E-state index in [4.69, 9.17) is 23.2 Å². The Labute approximate surface area is 120 Å². The molecule has 1 aromatic carbocycles. The minimum Gasteiger partial charge on any atom is -0.290 e. The lowest BCUT2D eigenvalue weighted by Gasteiger charge is -2.07. The van der Waals surface area contributed by atoms with Gasteiger partial charge in [0.05, 0.1) is 0 Å². The predicted molar refractivity (Wildman–Crippen MR) is 75.9 cm³/mol. The SMILES string of the molecule is Cc1cc(Cl)nc(NC(=O)c2cc(Cl)ccc2C)n1. The largest absolute Gasteiger partial charge is 0.290 e. The number of hydrogen-bond donors (Lipinski definition) is 1. The van der Waals surface area contributed by atoms with Crippen molar-refractivity contribution in [3.05, 3.63) is 51.3 Å². The van der Waals surface area contributed by atoms with Gasteiger partial charge in [-0.3, -0.25) is 10.1 Å². The molecule has 2 aromatic rings. The maximum Gasteiger partial charge on any atom is 0.258 e. The maximum atomic E-state index is 12.1. The molecule has 0 radical (unpaired) electrons. The second-order valence-corrected chi connectivity index (χ2v) is 4.89. The molecule has 19 heavy (non-hydrogen) atoms. The summed E-state index contributed by atoms with van der Waals surface area (Å²) in [6.45, 7) is 3.60. The molecule has 0 saturated carbocycles. The summed E-state index contributed by atoms with van der Waals surface area (Å²) in [5.74, 6) is -0.143. The van der Waals surface area contributed by atoms with E-state index in [1.165, 1.54) is 0 Å². The summed E-state index contributed by atoms with van der Waals surface area (Å²) in [5, 5.41) is 3.39. The first-order chi connectivity index (χ1) is 8.95. The van der Waals surface area contributed by atoms with E-state index in [9.17, 15) is 4.79 Å². The van der Waals surface area contributed by atoms with Gasteiger partial charge in [-0.1, -0.05) is 29.3 Å². The molecule has 0 aliphatic heterocycles. The molecule has 1 N–H and O–H groups in total. The molecule has 0 fully saturated rings. The van der Waals surface area contributed by atoms with Crippen LogP contribution in [0.2, 0.25) is 10.2 Å². The Kier molecular flexibility index (Phi) is 4.02. The Bertz CT molecular complexity index is 624. The van der Waals surface area contributed by atoms with Crippen molar-refractivity contribution in [1.29, 1.82) is 0 Å². The summed E-state index contributed by atoms with van der Waals surface area (Å²) in [7, 11) is 0. The zero-order chi connectivity index (χ0) is 14.0. The first-order valence-corrected chi connectivity index (χ1v) is 6.30. The normalized spacial score (nSPS) is 10.3. The number of halogens is 2. The Morgan fingerprint density at radius 1 is 1.16 bits per heavy atom. The quantitative estimate of drug-likeness (QED) is 0.861. The smallest absolute Gasteiger partial charge is 0.258 e. The number of anilines is 1. The summed E-state index contributed by atoms with van der Waals surface area (Å²) >= 11 is 11.7. The van der Waals surface area contributed by atoms with Gasteiger partial charge in [-0.2, -0.15) is 0 Å². The highest BCUT2D eigenvalue weighted by Crippen LogP contribution is 2.17. The molecular weight excluding hydrogens is 285 g/mol. The van der Waals surface area contributed by atoms with Crippen molar-refractivity contribution in [2.45, 2.75) is 13.8 Å². The molecule has 4 nitrogen and oxygen atoms in total. The molecule has 0 aliphatic carbocycles. The van der Waals surface area contributed by atoms with Gasteiger partial charge in [0.2, 0.25) is 5.95 Å². The summed E-state index contributed by atoms with van der Waals surface area (Å²) in [6.07, 6.45) is 0. The van der Waals surface area contributed by atoms with E-state index in [2.05, 4.69) is 15.3 Å². The summed E-state index contributed by atoms with van der Waals surface area (Å²) in [5.41, 5.74) is 1.98. The van der Waals surface area contributed by atoms with Crippen molar-refractivity contribution in [2.75, 3.05) is 5.32 Å². The molecule has 0 unspecified atom stereocenters. The van der Waals surface area contributed by atoms with Crippen LogP contribution in [0.15, 0.2) is 24.3 Å². The van der Waals surface area contributed by atoms with Gasteiger partial charge >= 0.3 is 0 Å². The third-order valence-corrected chi connectivity index (χ3v) is 2.92. The van der Waals surface area contributed by atoms with E-state index < -0.39 is 0 Å². The fourth-order valence-electron chi connectivity index (χ4n) is 1.59. The van der Waals surface area contributed by atoms with Crippen molar-refractivity contribution in [3.8, 4) is 0 Å². The number of aromatic nitrogens is 2. The Morgan fingerprint density at radius 3 is 2.58 bits per heavy atom. The highest BCUT2D eigenvalue weighted by molar-refractivity contribution is 6.31. The number of aryl methyl sites for hydroxylation is 2. The number of carbonyl (C=O) groups excluding carboxylic acids is 1. The minimum absolute atomic E-state index is 0.175. The zero-order valence-electron chi connectivity index (χ0n) is 10.4. The lowest BCUT2D eigenvalue weighted by atomic mass is 10.1. The molecule has 1 amide bonds. The number of hydrogen-bond acceptors (Lipinski definition) is 3. The molecule has 0 atom stereocenters. The molecule has 0 aliphatic rings. The molecule has 0 bridgehead atoms. The third-order valence-electron chi connectivity index (χ3n) is 2.49. The van der Waals surface area contributed by atoms with E-state index in [1.807, 2.05) is 6.92 Å². The summed E-state index contributed by atoms with van der Waals surface area (Å²) < 4.78 is 0. The second kappa shape index (κ2) is 5.55. The third kappa shape index (κ3) is 3.43. The highest BCUT2D eigenvalue weighted by atomic mass is 35.5. The van der Waals surface area contributed by atoms with E-state index in [0.717, 1.165) is 5.56 Å². The molecule has 2 rings (SSSR count). The molecular formula is C13H11Cl2N3O. The maximum absolute atomic E-state index is 12.1. The van der Waals surface area contributed by atoms with Crippen LogP contribution in [0.5, 0.6) is 0 Å². The van der Waals surface area contributed by atoms with Crippen LogP contribution in [0.3, 0.4) is 0 Å². The van der Waals surface area contributed by atoms with Crippen LogP contribution in [0.25, 0.3) is 0 Å². The van der Waals surface area contributed by atoms with Crippen molar-refractivity contribution >= 4 is 35.1 Å². The molecule has 0 saturated heterocycles. The van der Waals surface area contributed by atoms with Crippen molar-refractivity contribution < 1.29 is 4.79 Å². The van der Waals surface area contributed by atoms with E-state index >= 15 is 0 Å². The van der Waals surface area contributed by atoms with Crippen LogP contribution >= 0.6 is 23.2 Å². The molecule has 1 aromatic heterocycles. The summed E-state index contributed by atoms with van der Waals surface area (Å²) in [4.78, 5) is 20.1. The molecule has 1 heterocycles. The number of rotatable bonds is 2. The van der Waals surface area contributed by atoms with Gasteiger partial charge in [0.15, 0.2) is 0 Å². The van der Waals surface area contributed by atoms with Crippen LogP contribution in [-0.4, -0.2) is 15.9 Å². The van der Waals surface area contributed by atoms with Crippen LogP contribution in [0.1, 0.15) is 21.6 Å². The highest BCUT2D eigenvalue weighted by Gasteiger charge is 2.12. The van der Waals surface area contributed by atoms with Crippen LogP contribution in [-0.2, 0) is 0 Å². The van der Waals surface area contributed by atoms with Crippen molar-refractivity contribution in [1.82, 2.24) is 9.97 Å². The number of nitrogens with one attached hydrogen (secondary N) is 1. The standard InChI is InChI=1S/C13H11Cl2N3O/c1-7-3-4-9(14)6-10(7)12(19)18-13-16-8(2)5-11(15)17-13/h3-6H,1-2H3,(H,16,17,18,19). The number of amides is 1. The summed E-state index contributed by atoms with van der Waals surface area (Å²) in [6, 6.07) is 6.72. The van der Waals surface area contributed by atoms with E-state index in [0.29, 0.717) is 16.3 Å². The fourth-order valence-corrected chi connectivity index (χ4v) is 2.00. The molecule has 6 heteroatoms. The number of carbonyl (C=O) groups is 1. The van der Waals surface area contributed by atoms with Gasteiger partial charge in [0.1, 0.15) is 5.15 Å². The fraction of sp³-hybridized carbons (Fsp3) is 0.154. The first-order valence-electron chi connectivity index (χ1n) is 5.54. The monoisotopic (exact) mass is 295 g/mol. The van der Waals surface area contributed by atoms with Gasteiger partial charge < -0.3 is 0 Å². The van der Waals surface area contributed by atoms with Gasteiger partial charge in [0, 0.05) is 16.3 Å². The predicted octanol–water partition coefficient (Wildman–Crippen LogP) is 3.65. The van der Waals surface area contributed by atoms with Gasteiger partial charge in [0.25, 0.3) is 5.91 Å². The van der Waals surface area contributed by atoms with Crippen molar-refractivity contribution in [2.24, 2.45) is 0 Å². The van der Waals surface area contributed by atoms with E-state index in [-0.39, 0.29) is 17.0 Å². The lowest BCUT2D eigenvalue weighted by molar-refractivity contribution is 0.102. The first kappa shape index (κ1) is 13.8. The van der Waals surface area contributed by atoms with Gasteiger partial charge in [-0.15, -0.1) is 0 Å². The van der Waals surface area contributed by atoms with Gasteiger partial charge in [-0.25, -0.2) is 9.97 Å². The number of benzene rings is 1. The molecule has 98 valence electrons. The Hall–Kier alpha value is -1.65. The van der Waals surface area contributed by atoms with Crippen molar-refractivity contribution in [3.63, 3.8) is 0 Å². The average molecular weight is 296 g/mol. The Balaban J connectivity index is 2.28. The second-order valence-electron chi connectivity index (χ2n) is 4.07. The number of nitrogens with zero attached hydrogens (tertiary/aromatic N) is 2.